The van der Waals surface area contributed by atoms with Crippen molar-refractivity contribution in [2.75, 3.05) is 46.4 Å². The van der Waals surface area contributed by atoms with Crippen molar-refractivity contribution >= 4 is 17.5 Å². The van der Waals surface area contributed by atoms with Gasteiger partial charge in [0.1, 0.15) is 17.9 Å². The van der Waals surface area contributed by atoms with E-state index >= 15 is 0 Å². The van der Waals surface area contributed by atoms with Crippen molar-refractivity contribution in [3.05, 3.63) is 83.4 Å². The van der Waals surface area contributed by atoms with Crippen LogP contribution in [0.1, 0.15) is 69.4 Å². The van der Waals surface area contributed by atoms with E-state index in [9.17, 15) is 19.8 Å². The Hall–Kier alpha value is -4.00. The molecule has 0 spiro atoms. The predicted octanol–water partition coefficient (Wildman–Crippen LogP) is 5.71. The molecule has 3 aromatic carbocycles. The van der Waals surface area contributed by atoms with E-state index in [1.54, 1.807) is 26.2 Å². The van der Waals surface area contributed by atoms with Crippen LogP contribution in [0.3, 0.4) is 0 Å². The van der Waals surface area contributed by atoms with Gasteiger partial charge in [-0.05, 0) is 72.3 Å². The Morgan fingerprint density at radius 2 is 1.75 bits per heavy atom. The Labute approximate surface area is 333 Å². The average Bonchev–Trinajstić information content (AvgIpc) is 3.55. The number of benzene rings is 3. The molecule has 0 aromatic heterocycles. The summed E-state index contributed by atoms with van der Waals surface area (Å²) < 4.78 is 11.6. The summed E-state index contributed by atoms with van der Waals surface area (Å²) in [7, 11) is 7.09. The number of amides is 2. The molecule has 0 bridgehead atoms. The first-order chi connectivity index (χ1) is 26.6. The zero-order valence-corrected chi connectivity index (χ0v) is 34.9. The van der Waals surface area contributed by atoms with Crippen molar-refractivity contribution in [1.82, 2.24) is 15.7 Å². The second kappa shape index (κ2) is 18.5. The van der Waals surface area contributed by atoms with Gasteiger partial charge in [0.15, 0.2) is 0 Å². The van der Waals surface area contributed by atoms with Gasteiger partial charge in [-0.1, -0.05) is 83.1 Å². The SMILES string of the molecule is COC[C@H](Cc1ccccc1)NC(=O)c1cc(-c2cccc(CN3O[C@@H](CO)[C@@H]([C@H](C)O)[C@H]3C(=O)N[C@H]3C[C@@H](C)C(C)(C)[C@@H](C)[C@@H]3C)c2OC)cc(N(C)C)c1. The number of methoxy groups -OCH3 is 2. The molecule has 3 aromatic rings. The van der Waals surface area contributed by atoms with Crippen molar-refractivity contribution in [2.24, 2.45) is 29.1 Å². The number of nitrogens with one attached hydrogen (secondary N) is 2. The van der Waals surface area contributed by atoms with Gasteiger partial charge in [-0.2, -0.15) is 5.06 Å². The predicted molar refractivity (Wildman–Crippen MR) is 220 cm³/mol. The molecule has 0 radical (unpaired) electrons. The van der Waals surface area contributed by atoms with Crippen LogP contribution < -0.4 is 20.3 Å². The fraction of sp³-hybridized carbons (Fsp3) is 0.556. The lowest BCUT2D eigenvalue weighted by atomic mass is 9.58. The molecular formula is C45H64N4O7. The molecule has 1 aliphatic carbocycles. The highest BCUT2D eigenvalue weighted by molar-refractivity contribution is 5.97. The van der Waals surface area contributed by atoms with E-state index in [2.05, 4.69) is 45.3 Å². The Morgan fingerprint density at radius 3 is 2.38 bits per heavy atom. The molecule has 1 saturated carbocycles. The molecule has 9 atom stereocenters. The number of carbonyl (C=O) groups is 2. The molecule has 2 aliphatic rings. The molecule has 1 aliphatic heterocycles. The van der Waals surface area contributed by atoms with E-state index in [1.807, 2.05) is 85.7 Å². The number of ether oxygens (including phenoxy) is 2. The lowest BCUT2D eigenvalue weighted by Crippen LogP contribution is -2.56. The summed E-state index contributed by atoms with van der Waals surface area (Å²) in [6.07, 6.45) is -0.224. The summed E-state index contributed by atoms with van der Waals surface area (Å²) in [5.41, 5.74) is 4.83. The van der Waals surface area contributed by atoms with Gasteiger partial charge in [0, 0.05) is 55.5 Å². The number of hydroxylamine groups is 2. The summed E-state index contributed by atoms with van der Waals surface area (Å²) in [5, 5.41) is 29.5. The van der Waals surface area contributed by atoms with Crippen molar-refractivity contribution in [1.29, 1.82) is 0 Å². The van der Waals surface area contributed by atoms with Gasteiger partial charge in [-0.25, -0.2) is 0 Å². The van der Waals surface area contributed by atoms with E-state index < -0.39 is 24.2 Å². The molecule has 11 heteroatoms. The summed E-state index contributed by atoms with van der Waals surface area (Å²) in [6.45, 7) is 13.1. The second-order valence-corrected chi connectivity index (χ2v) is 16.9. The number of aliphatic hydroxyl groups excluding tert-OH is 2. The highest BCUT2D eigenvalue weighted by atomic mass is 16.7. The Kier molecular flexibility index (Phi) is 14.3. The maximum Gasteiger partial charge on any atom is 0.251 e. The summed E-state index contributed by atoms with van der Waals surface area (Å²) in [5.74, 6) is 0.476. The number of nitrogens with zero attached hydrogens (tertiary/aromatic N) is 2. The van der Waals surface area contributed by atoms with E-state index in [4.69, 9.17) is 14.3 Å². The molecule has 2 amide bonds. The topological polar surface area (TPSA) is 133 Å². The summed E-state index contributed by atoms with van der Waals surface area (Å²) in [6, 6.07) is 20.4. The number of rotatable bonds is 15. The van der Waals surface area contributed by atoms with Gasteiger partial charge in [-0.15, -0.1) is 0 Å². The molecule has 5 rings (SSSR count). The van der Waals surface area contributed by atoms with Gasteiger partial charge >= 0.3 is 0 Å². The number of hydrogen-bond donors (Lipinski definition) is 4. The van der Waals surface area contributed by atoms with Gasteiger partial charge in [0.25, 0.3) is 5.91 Å². The van der Waals surface area contributed by atoms with Crippen LogP contribution in [0.15, 0.2) is 66.7 Å². The van der Waals surface area contributed by atoms with Crippen LogP contribution in [0.25, 0.3) is 11.1 Å². The van der Waals surface area contributed by atoms with E-state index in [1.165, 1.54) is 0 Å². The third-order valence-electron chi connectivity index (χ3n) is 12.8. The molecule has 4 N–H and O–H groups in total. The highest BCUT2D eigenvalue weighted by Gasteiger charge is 2.51. The molecule has 0 unspecified atom stereocenters. The first-order valence-corrected chi connectivity index (χ1v) is 20.0. The van der Waals surface area contributed by atoms with Crippen LogP contribution in [0.5, 0.6) is 5.75 Å². The Morgan fingerprint density at radius 1 is 1.04 bits per heavy atom. The summed E-state index contributed by atoms with van der Waals surface area (Å²) in [4.78, 5) is 36.5. The second-order valence-electron chi connectivity index (χ2n) is 16.9. The smallest absolute Gasteiger partial charge is 0.251 e. The molecule has 11 nitrogen and oxygen atoms in total. The van der Waals surface area contributed by atoms with Crippen LogP contribution in [0.4, 0.5) is 5.69 Å². The number of hydrogen-bond acceptors (Lipinski definition) is 9. The minimum atomic E-state index is -0.920. The molecule has 306 valence electrons. The van der Waals surface area contributed by atoms with Gasteiger partial charge < -0.3 is 35.2 Å². The van der Waals surface area contributed by atoms with Crippen molar-refractivity contribution in [3.63, 3.8) is 0 Å². The monoisotopic (exact) mass is 772 g/mol. The average molecular weight is 773 g/mol. The lowest BCUT2D eigenvalue weighted by Gasteiger charge is -2.50. The van der Waals surface area contributed by atoms with Crippen LogP contribution >= 0.6 is 0 Å². The number of anilines is 1. The first-order valence-electron chi connectivity index (χ1n) is 20.0. The minimum Gasteiger partial charge on any atom is -0.496 e. The van der Waals surface area contributed by atoms with Gasteiger partial charge in [0.05, 0.1) is 39.0 Å². The third kappa shape index (κ3) is 9.40. The first kappa shape index (κ1) is 43.1. The fourth-order valence-electron chi connectivity index (χ4n) is 8.73. The van der Waals surface area contributed by atoms with Crippen molar-refractivity contribution < 1.29 is 34.1 Å². The van der Waals surface area contributed by atoms with E-state index in [0.717, 1.165) is 34.4 Å². The maximum absolute atomic E-state index is 14.4. The zero-order chi connectivity index (χ0) is 40.9. The standard InChI is InChI=1S/C45H64N4O7/c1-27-19-38(28(2)29(3)45(27,5)6)47-44(53)41-40(30(4)51)39(25-50)56-49(41)24-32-17-14-18-37(42(32)55-10)33-21-34(23-36(22-33)48(7)8)43(52)46-35(26-54-9)20-31-15-12-11-13-16-31/h11-18,21-23,27-30,35,38-41,50-51H,19-20,24-26H2,1-10H3,(H,46,52)(H,47,53)/t27-,28+,29+,30+,35+,38+,39+,40-,41+/m1/s1. The van der Waals surface area contributed by atoms with Crippen molar-refractivity contribution in [2.45, 2.75) is 91.3 Å². The van der Waals surface area contributed by atoms with Crippen LogP contribution in [-0.2, 0) is 27.3 Å². The van der Waals surface area contributed by atoms with Crippen LogP contribution in [0, 0.1) is 29.1 Å². The van der Waals surface area contributed by atoms with E-state index in [-0.39, 0.29) is 48.4 Å². The van der Waals surface area contributed by atoms with Gasteiger partial charge in [-0.3, -0.25) is 14.4 Å². The van der Waals surface area contributed by atoms with Crippen molar-refractivity contribution in [3.8, 4) is 16.9 Å². The van der Waals surface area contributed by atoms with Crippen LogP contribution in [0.2, 0.25) is 0 Å². The quantitative estimate of drug-likeness (QED) is 0.153. The molecule has 1 heterocycles. The van der Waals surface area contributed by atoms with Crippen LogP contribution in [-0.4, -0.2) is 99.0 Å². The number of aliphatic hydroxyl groups is 2. The largest absolute Gasteiger partial charge is 0.496 e. The van der Waals surface area contributed by atoms with Gasteiger partial charge in [0.2, 0.25) is 5.91 Å². The van der Waals surface area contributed by atoms with E-state index in [0.29, 0.717) is 36.2 Å². The molecular weight excluding hydrogens is 709 g/mol. The Bertz CT molecular complexity index is 1780. The maximum atomic E-state index is 14.4. The normalized spacial score (nSPS) is 26.0. The third-order valence-corrected chi connectivity index (χ3v) is 12.8. The zero-order valence-electron chi connectivity index (χ0n) is 34.9. The fourth-order valence-corrected chi connectivity index (χ4v) is 8.73. The number of carbonyl (C=O) groups excluding carboxylic acids is 2. The molecule has 1 saturated heterocycles. The summed E-state index contributed by atoms with van der Waals surface area (Å²) >= 11 is 0. The highest BCUT2D eigenvalue weighted by Crippen LogP contribution is 2.47. The Balaban J connectivity index is 1.45. The lowest BCUT2D eigenvalue weighted by molar-refractivity contribution is -0.182. The minimum absolute atomic E-state index is 0.0402. The number of para-hydroxylation sites is 1. The molecule has 56 heavy (non-hydrogen) atoms. The molecule has 2 fully saturated rings.